The van der Waals surface area contributed by atoms with Crippen LogP contribution in [0.2, 0.25) is 0 Å². The second-order valence-electron chi connectivity index (χ2n) is 5.14. The smallest absolute Gasteiger partial charge is 0.251 e. The number of carbonyl (C=O) groups is 1. The van der Waals surface area contributed by atoms with E-state index in [9.17, 15) is 4.79 Å². The number of hydrogen-bond acceptors (Lipinski definition) is 4. The Bertz CT molecular complexity index is 468. The molecule has 3 N–H and O–H groups in total. The molecule has 0 atom stereocenters. The van der Waals surface area contributed by atoms with E-state index in [0.717, 1.165) is 25.7 Å². The highest BCUT2D eigenvalue weighted by Crippen LogP contribution is 2.23. The van der Waals surface area contributed by atoms with Gasteiger partial charge in [0, 0.05) is 18.7 Å². The van der Waals surface area contributed by atoms with Crippen LogP contribution in [0.15, 0.2) is 18.2 Å². The fourth-order valence-corrected chi connectivity index (χ4v) is 2.56. The van der Waals surface area contributed by atoms with Gasteiger partial charge in [0.2, 0.25) is 0 Å². The monoisotopic (exact) mass is 278 g/mol. The van der Waals surface area contributed by atoms with E-state index in [2.05, 4.69) is 5.32 Å². The fraction of sp³-hybridized carbons (Fsp3) is 0.533. The molecule has 1 aromatic carbocycles. The van der Waals surface area contributed by atoms with Crippen molar-refractivity contribution >= 4 is 11.6 Å². The van der Waals surface area contributed by atoms with Crippen LogP contribution < -0.4 is 15.8 Å². The van der Waals surface area contributed by atoms with Gasteiger partial charge in [0.25, 0.3) is 5.91 Å². The lowest BCUT2D eigenvalue weighted by molar-refractivity contribution is 0.0599. The number of rotatable bonds is 4. The summed E-state index contributed by atoms with van der Waals surface area (Å²) in [5.74, 6) is 0.449. The molecule has 0 aromatic heterocycles. The van der Waals surface area contributed by atoms with E-state index in [1.807, 2.05) is 0 Å². The minimum Gasteiger partial charge on any atom is -0.495 e. The van der Waals surface area contributed by atoms with Gasteiger partial charge < -0.3 is 20.5 Å². The summed E-state index contributed by atoms with van der Waals surface area (Å²) >= 11 is 0. The van der Waals surface area contributed by atoms with Crippen molar-refractivity contribution < 1.29 is 14.3 Å². The molecule has 0 aliphatic heterocycles. The van der Waals surface area contributed by atoms with Crippen LogP contribution in [-0.2, 0) is 4.74 Å². The number of nitrogens with one attached hydrogen (secondary N) is 1. The van der Waals surface area contributed by atoms with Gasteiger partial charge in [0.15, 0.2) is 0 Å². The summed E-state index contributed by atoms with van der Waals surface area (Å²) in [4.78, 5) is 12.2. The lowest BCUT2D eigenvalue weighted by atomic mass is 9.93. The Kier molecular flexibility index (Phi) is 4.84. The Morgan fingerprint density at radius 2 is 1.95 bits per heavy atom. The molecule has 1 aliphatic rings. The van der Waals surface area contributed by atoms with Gasteiger partial charge in [-0.1, -0.05) is 0 Å². The molecule has 1 aromatic rings. The summed E-state index contributed by atoms with van der Waals surface area (Å²) in [6.45, 7) is 0. The van der Waals surface area contributed by atoms with E-state index >= 15 is 0 Å². The number of hydrogen-bond donors (Lipinski definition) is 2. The average molecular weight is 278 g/mol. The highest BCUT2D eigenvalue weighted by Gasteiger charge is 2.22. The number of amides is 1. The summed E-state index contributed by atoms with van der Waals surface area (Å²) in [7, 11) is 3.28. The molecule has 0 radical (unpaired) electrons. The number of nitrogen functional groups attached to an aromatic ring is 1. The Labute approximate surface area is 119 Å². The molecule has 1 amide bonds. The lowest BCUT2D eigenvalue weighted by Gasteiger charge is -2.28. The van der Waals surface area contributed by atoms with Gasteiger partial charge in [-0.15, -0.1) is 0 Å². The summed E-state index contributed by atoms with van der Waals surface area (Å²) in [5.41, 5.74) is 6.85. The van der Waals surface area contributed by atoms with Gasteiger partial charge in [0.05, 0.1) is 18.9 Å². The van der Waals surface area contributed by atoms with Gasteiger partial charge >= 0.3 is 0 Å². The molecule has 20 heavy (non-hydrogen) atoms. The predicted octanol–water partition coefficient (Wildman–Crippen LogP) is 1.96. The van der Waals surface area contributed by atoms with Crippen LogP contribution >= 0.6 is 0 Å². The number of benzene rings is 1. The summed E-state index contributed by atoms with van der Waals surface area (Å²) < 4.78 is 10.5. The van der Waals surface area contributed by atoms with Crippen LogP contribution in [0, 0.1) is 0 Å². The Morgan fingerprint density at radius 1 is 1.25 bits per heavy atom. The first-order chi connectivity index (χ1) is 9.63. The van der Waals surface area contributed by atoms with Crippen molar-refractivity contribution in [1.82, 2.24) is 5.32 Å². The lowest BCUT2D eigenvalue weighted by Crippen LogP contribution is -2.38. The third kappa shape index (κ3) is 3.42. The van der Waals surface area contributed by atoms with Crippen molar-refractivity contribution in [3.8, 4) is 5.75 Å². The topological polar surface area (TPSA) is 73.6 Å². The third-order valence-corrected chi connectivity index (χ3v) is 3.84. The minimum absolute atomic E-state index is 0.0795. The maximum Gasteiger partial charge on any atom is 0.251 e. The second kappa shape index (κ2) is 6.61. The zero-order chi connectivity index (χ0) is 14.5. The summed E-state index contributed by atoms with van der Waals surface area (Å²) in [6, 6.07) is 5.30. The van der Waals surface area contributed by atoms with Crippen molar-refractivity contribution in [2.45, 2.75) is 37.8 Å². The van der Waals surface area contributed by atoms with E-state index < -0.39 is 0 Å². The zero-order valence-electron chi connectivity index (χ0n) is 12.0. The molecular weight excluding hydrogens is 256 g/mol. The van der Waals surface area contributed by atoms with Gasteiger partial charge in [-0.3, -0.25) is 4.79 Å². The standard InChI is InChI=1S/C15H22N2O3/c1-19-12-6-4-11(5-7-12)17-15(18)10-3-8-13(16)14(9-10)20-2/h3,8-9,11-12H,4-7,16H2,1-2H3,(H,17,18). The van der Waals surface area contributed by atoms with Gasteiger partial charge in [-0.2, -0.15) is 0 Å². The van der Waals surface area contributed by atoms with E-state index in [-0.39, 0.29) is 11.9 Å². The van der Waals surface area contributed by atoms with E-state index in [1.54, 1.807) is 32.4 Å². The first-order valence-electron chi connectivity index (χ1n) is 6.91. The molecule has 5 nitrogen and oxygen atoms in total. The number of anilines is 1. The second-order valence-corrected chi connectivity index (χ2v) is 5.14. The Hall–Kier alpha value is -1.75. The van der Waals surface area contributed by atoms with E-state index in [1.165, 1.54) is 0 Å². The first-order valence-corrected chi connectivity index (χ1v) is 6.91. The zero-order valence-corrected chi connectivity index (χ0v) is 12.0. The maximum absolute atomic E-state index is 12.2. The van der Waals surface area contributed by atoms with Gasteiger partial charge in [-0.05, 0) is 43.9 Å². The van der Waals surface area contributed by atoms with Crippen LogP contribution in [0.3, 0.4) is 0 Å². The molecule has 1 saturated carbocycles. The van der Waals surface area contributed by atoms with E-state index in [0.29, 0.717) is 23.1 Å². The molecule has 1 fully saturated rings. The predicted molar refractivity (Wildman–Crippen MR) is 77.9 cm³/mol. The summed E-state index contributed by atoms with van der Waals surface area (Å²) in [6.07, 6.45) is 4.23. The van der Waals surface area contributed by atoms with Crippen LogP contribution in [-0.4, -0.2) is 32.3 Å². The van der Waals surface area contributed by atoms with Gasteiger partial charge in [-0.25, -0.2) is 0 Å². The molecule has 0 heterocycles. The molecule has 1 aliphatic carbocycles. The van der Waals surface area contributed by atoms with Crippen molar-refractivity contribution in [3.63, 3.8) is 0 Å². The molecule has 2 rings (SSSR count). The highest BCUT2D eigenvalue weighted by atomic mass is 16.5. The number of carbonyl (C=O) groups excluding carboxylic acids is 1. The molecule has 0 unspecified atom stereocenters. The molecule has 110 valence electrons. The number of nitrogens with two attached hydrogens (primary N) is 1. The van der Waals surface area contributed by atoms with Crippen molar-refractivity contribution in [2.24, 2.45) is 0 Å². The molecule has 5 heteroatoms. The maximum atomic E-state index is 12.2. The quantitative estimate of drug-likeness (QED) is 0.826. The minimum atomic E-state index is -0.0795. The van der Waals surface area contributed by atoms with Crippen LogP contribution in [0.25, 0.3) is 0 Å². The highest BCUT2D eigenvalue weighted by molar-refractivity contribution is 5.95. The van der Waals surface area contributed by atoms with Crippen molar-refractivity contribution in [1.29, 1.82) is 0 Å². The van der Waals surface area contributed by atoms with E-state index in [4.69, 9.17) is 15.2 Å². The normalized spacial score (nSPS) is 22.3. The van der Waals surface area contributed by atoms with Crippen LogP contribution in [0.4, 0.5) is 5.69 Å². The van der Waals surface area contributed by atoms with Gasteiger partial charge in [0.1, 0.15) is 5.75 Å². The van der Waals surface area contributed by atoms with Crippen molar-refractivity contribution in [3.05, 3.63) is 23.8 Å². The van der Waals surface area contributed by atoms with Crippen LogP contribution in [0.1, 0.15) is 36.0 Å². The Balaban J connectivity index is 1.95. The number of ether oxygens (including phenoxy) is 2. The first kappa shape index (κ1) is 14.7. The SMILES string of the molecule is COc1cc(C(=O)NC2CCC(OC)CC2)ccc1N. The summed E-state index contributed by atoms with van der Waals surface area (Å²) in [5, 5.41) is 3.06. The number of methoxy groups -OCH3 is 2. The molecule has 0 saturated heterocycles. The van der Waals surface area contributed by atoms with Crippen LogP contribution in [0.5, 0.6) is 5.75 Å². The Morgan fingerprint density at radius 3 is 2.55 bits per heavy atom. The molecule has 0 bridgehead atoms. The van der Waals surface area contributed by atoms with Crippen molar-refractivity contribution in [2.75, 3.05) is 20.0 Å². The average Bonchev–Trinajstić information content (AvgIpc) is 2.48. The molecule has 0 spiro atoms. The largest absolute Gasteiger partial charge is 0.495 e. The third-order valence-electron chi connectivity index (χ3n) is 3.84. The fourth-order valence-electron chi connectivity index (χ4n) is 2.56. The molecular formula is C15H22N2O3.